The maximum Gasteiger partial charge on any atom is 0.133 e. The van der Waals surface area contributed by atoms with E-state index in [0.717, 1.165) is 46.2 Å². The van der Waals surface area contributed by atoms with Crippen LogP contribution in [-0.4, -0.2) is 16.2 Å². The summed E-state index contributed by atoms with van der Waals surface area (Å²) in [5.41, 5.74) is 5.72. The number of fused-ring (bicyclic) bond motifs is 1. The summed E-state index contributed by atoms with van der Waals surface area (Å²) in [7, 11) is 0. The number of rotatable bonds is 8. The Labute approximate surface area is 195 Å². The van der Waals surface area contributed by atoms with Gasteiger partial charge in [0.1, 0.15) is 11.6 Å². The van der Waals surface area contributed by atoms with Crippen LogP contribution in [0.1, 0.15) is 48.7 Å². The molecule has 0 radical (unpaired) electrons. The van der Waals surface area contributed by atoms with Crippen LogP contribution in [0, 0.1) is 6.92 Å². The zero-order valence-corrected chi connectivity index (χ0v) is 19.6. The van der Waals surface area contributed by atoms with Crippen LogP contribution in [0.4, 0.5) is 0 Å². The van der Waals surface area contributed by atoms with Gasteiger partial charge in [-0.1, -0.05) is 67.9 Å². The van der Waals surface area contributed by atoms with Gasteiger partial charge in [-0.15, -0.1) is 0 Å². The van der Waals surface area contributed by atoms with Crippen molar-refractivity contribution in [2.45, 2.75) is 39.7 Å². The lowest BCUT2D eigenvalue weighted by Gasteiger charge is -2.15. The maximum atomic E-state index is 6.21. The first-order valence-electron chi connectivity index (χ1n) is 11.1. The molecule has 0 fully saturated rings. The van der Waals surface area contributed by atoms with Gasteiger partial charge in [-0.3, -0.25) is 0 Å². The lowest BCUT2D eigenvalue weighted by Crippen LogP contribution is -2.07. The molecule has 0 unspecified atom stereocenters. The first kappa shape index (κ1) is 22.2. The fourth-order valence-corrected chi connectivity index (χ4v) is 3.98. The third-order valence-corrected chi connectivity index (χ3v) is 5.81. The predicted molar refractivity (Wildman–Crippen MR) is 135 cm³/mol. The highest BCUT2D eigenvalue weighted by molar-refractivity contribution is 6.30. The Morgan fingerprint density at radius 2 is 1.78 bits per heavy atom. The SMILES string of the molecule is Cc1ccc(C(C)C)c(OCCCn2c(/C=C/c3ccc(Cl)cc3)nc3ccccc32)c1. The summed E-state index contributed by atoms with van der Waals surface area (Å²) in [5, 5.41) is 0.739. The second kappa shape index (κ2) is 10.1. The van der Waals surface area contributed by atoms with Gasteiger partial charge in [0.05, 0.1) is 17.6 Å². The topological polar surface area (TPSA) is 27.1 Å². The van der Waals surface area contributed by atoms with Gasteiger partial charge in [-0.25, -0.2) is 4.98 Å². The van der Waals surface area contributed by atoms with E-state index in [1.807, 2.05) is 30.3 Å². The van der Waals surface area contributed by atoms with Crippen LogP contribution < -0.4 is 4.74 Å². The Hall–Kier alpha value is -3.04. The van der Waals surface area contributed by atoms with E-state index in [2.05, 4.69) is 73.9 Å². The third kappa shape index (κ3) is 5.23. The summed E-state index contributed by atoms with van der Waals surface area (Å²) in [5.74, 6) is 2.38. The largest absolute Gasteiger partial charge is 0.493 e. The molecule has 0 atom stereocenters. The van der Waals surface area contributed by atoms with Crippen LogP contribution in [0.3, 0.4) is 0 Å². The van der Waals surface area contributed by atoms with Crippen molar-refractivity contribution in [1.82, 2.24) is 9.55 Å². The quantitative estimate of drug-likeness (QED) is 0.259. The van der Waals surface area contributed by atoms with E-state index in [1.165, 1.54) is 11.1 Å². The molecule has 0 aliphatic rings. The minimum Gasteiger partial charge on any atom is -0.493 e. The Morgan fingerprint density at radius 1 is 1.00 bits per heavy atom. The lowest BCUT2D eigenvalue weighted by molar-refractivity contribution is 0.298. The van der Waals surface area contributed by atoms with E-state index in [1.54, 1.807) is 0 Å². The Balaban J connectivity index is 1.50. The van der Waals surface area contributed by atoms with Crippen molar-refractivity contribution in [1.29, 1.82) is 0 Å². The average Bonchev–Trinajstić information content (AvgIpc) is 3.13. The van der Waals surface area contributed by atoms with Crippen molar-refractivity contribution in [3.63, 3.8) is 0 Å². The number of hydrogen-bond acceptors (Lipinski definition) is 2. The summed E-state index contributed by atoms with van der Waals surface area (Å²) in [6, 6.07) is 22.6. The number of halogens is 1. The predicted octanol–water partition coefficient (Wildman–Crippen LogP) is 7.76. The second-order valence-corrected chi connectivity index (χ2v) is 8.83. The molecule has 32 heavy (non-hydrogen) atoms. The molecule has 0 saturated carbocycles. The van der Waals surface area contributed by atoms with E-state index < -0.39 is 0 Å². The molecule has 4 heteroatoms. The molecule has 0 aliphatic carbocycles. The lowest BCUT2D eigenvalue weighted by atomic mass is 10.0. The van der Waals surface area contributed by atoms with Gasteiger partial charge in [0.25, 0.3) is 0 Å². The molecule has 164 valence electrons. The normalized spacial score (nSPS) is 11.7. The highest BCUT2D eigenvalue weighted by Gasteiger charge is 2.10. The van der Waals surface area contributed by atoms with Crippen LogP contribution in [0.2, 0.25) is 5.02 Å². The fraction of sp³-hybridized carbons (Fsp3) is 0.250. The molecule has 1 heterocycles. The van der Waals surface area contributed by atoms with Crippen LogP contribution in [0.25, 0.3) is 23.2 Å². The van der Waals surface area contributed by atoms with E-state index in [0.29, 0.717) is 12.5 Å². The molecule has 3 nitrogen and oxygen atoms in total. The first-order chi connectivity index (χ1) is 15.5. The number of aromatic nitrogens is 2. The van der Waals surface area contributed by atoms with Crippen molar-refractivity contribution < 1.29 is 4.74 Å². The number of para-hydroxylation sites is 2. The third-order valence-electron chi connectivity index (χ3n) is 5.55. The number of aryl methyl sites for hydroxylation is 2. The highest BCUT2D eigenvalue weighted by Crippen LogP contribution is 2.28. The zero-order valence-electron chi connectivity index (χ0n) is 18.9. The monoisotopic (exact) mass is 444 g/mol. The average molecular weight is 445 g/mol. The Morgan fingerprint density at radius 3 is 2.56 bits per heavy atom. The van der Waals surface area contributed by atoms with Gasteiger partial charge in [-0.05, 0) is 72.4 Å². The number of hydrogen-bond donors (Lipinski definition) is 0. The maximum absolute atomic E-state index is 6.21. The van der Waals surface area contributed by atoms with Crippen LogP contribution >= 0.6 is 11.6 Å². The number of ether oxygens (including phenoxy) is 1. The molecular formula is C28H29ClN2O. The molecule has 0 bridgehead atoms. The van der Waals surface area contributed by atoms with Gasteiger partial charge in [0.15, 0.2) is 0 Å². The molecule has 4 aromatic rings. The number of nitrogens with zero attached hydrogens (tertiary/aromatic N) is 2. The smallest absolute Gasteiger partial charge is 0.133 e. The van der Waals surface area contributed by atoms with Crippen molar-refractivity contribution in [2.24, 2.45) is 0 Å². The Kier molecular flexibility index (Phi) is 6.96. The van der Waals surface area contributed by atoms with Crippen molar-refractivity contribution >= 4 is 34.8 Å². The van der Waals surface area contributed by atoms with Gasteiger partial charge < -0.3 is 9.30 Å². The molecule has 0 aliphatic heterocycles. The minimum atomic E-state index is 0.438. The zero-order chi connectivity index (χ0) is 22.5. The summed E-state index contributed by atoms with van der Waals surface area (Å²) >= 11 is 6.01. The van der Waals surface area contributed by atoms with Gasteiger partial charge in [-0.2, -0.15) is 0 Å². The molecular weight excluding hydrogens is 416 g/mol. The summed E-state index contributed by atoms with van der Waals surface area (Å²) in [6.45, 7) is 8.01. The van der Waals surface area contributed by atoms with Crippen LogP contribution in [0.5, 0.6) is 5.75 Å². The van der Waals surface area contributed by atoms with Crippen molar-refractivity contribution in [3.8, 4) is 5.75 Å². The van der Waals surface area contributed by atoms with E-state index in [-0.39, 0.29) is 0 Å². The molecule has 0 N–H and O–H groups in total. The molecule has 0 spiro atoms. The summed E-state index contributed by atoms with van der Waals surface area (Å²) < 4.78 is 8.47. The summed E-state index contributed by atoms with van der Waals surface area (Å²) in [6.07, 6.45) is 5.04. The molecule has 0 saturated heterocycles. The van der Waals surface area contributed by atoms with Crippen LogP contribution in [0.15, 0.2) is 66.7 Å². The fourth-order valence-electron chi connectivity index (χ4n) is 3.85. The minimum absolute atomic E-state index is 0.438. The van der Waals surface area contributed by atoms with E-state index in [4.69, 9.17) is 21.3 Å². The first-order valence-corrected chi connectivity index (χ1v) is 11.5. The second-order valence-electron chi connectivity index (χ2n) is 8.39. The van der Waals surface area contributed by atoms with Gasteiger partial charge >= 0.3 is 0 Å². The number of imidazole rings is 1. The van der Waals surface area contributed by atoms with E-state index in [9.17, 15) is 0 Å². The Bertz CT molecular complexity index is 1220. The summed E-state index contributed by atoms with van der Waals surface area (Å²) in [4.78, 5) is 4.84. The van der Waals surface area contributed by atoms with Crippen LogP contribution in [-0.2, 0) is 6.54 Å². The van der Waals surface area contributed by atoms with Crippen molar-refractivity contribution in [3.05, 3.63) is 94.3 Å². The van der Waals surface area contributed by atoms with E-state index >= 15 is 0 Å². The van der Waals surface area contributed by atoms with Gasteiger partial charge in [0, 0.05) is 11.6 Å². The number of benzene rings is 3. The molecule has 4 rings (SSSR count). The van der Waals surface area contributed by atoms with Gasteiger partial charge in [0.2, 0.25) is 0 Å². The van der Waals surface area contributed by atoms with Crippen molar-refractivity contribution in [2.75, 3.05) is 6.61 Å². The molecule has 1 aromatic heterocycles. The molecule has 0 amide bonds. The standard InChI is InChI=1S/C28H29ClN2O/c1-20(2)24-15-9-21(3)19-27(24)32-18-6-17-31-26-8-5-4-7-25(26)30-28(31)16-12-22-10-13-23(29)14-11-22/h4-5,7-16,19-20H,6,17-18H2,1-3H3/b16-12+. The highest BCUT2D eigenvalue weighted by atomic mass is 35.5. The molecule has 3 aromatic carbocycles.